The number of imidazole rings is 1. The Morgan fingerprint density at radius 3 is 2.94 bits per heavy atom. The van der Waals surface area contributed by atoms with E-state index in [1.165, 1.54) is 19.3 Å². The Bertz CT molecular complexity index is 522. The molecule has 5 nitrogen and oxygen atoms in total. The number of alkyl halides is 1. The third-order valence-electron chi connectivity index (χ3n) is 3.52. The van der Waals surface area contributed by atoms with E-state index in [9.17, 15) is 0 Å². The third kappa shape index (κ3) is 2.09. The molecule has 0 amide bonds. The molecule has 1 aliphatic carbocycles. The summed E-state index contributed by atoms with van der Waals surface area (Å²) in [5, 5.41) is 1.02. The van der Waals surface area contributed by atoms with Gasteiger partial charge in [-0.15, -0.1) is 0 Å². The highest BCUT2D eigenvalue weighted by Gasteiger charge is 2.27. The van der Waals surface area contributed by atoms with Gasteiger partial charge in [-0.05, 0) is 25.7 Å². The zero-order valence-electron chi connectivity index (χ0n) is 10.1. The van der Waals surface area contributed by atoms with Gasteiger partial charge in [0.25, 0.3) is 0 Å². The van der Waals surface area contributed by atoms with Crippen molar-refractivity contribution in [2.24, 2.45) is 0 Å². The summed E-state index contributed by atoms with van der Waals surface area (Å²) < 4.78 is 0. The molecule has 1 aliphatic rings. The molecule has 1 fully saturated rings. The lowest BCUT2D eigenvalue weighted by molar-refractivity contribution is 0.384. The lowest BCUT2D eigenvalue weighted by atomic mass is 9.91. The van der Waals surface area contributed by atoms with Crippen LogP contribution in [0.2, 0.25) is 0 Å². The first kappa shape index (κ1) is 11.9. The quantitative estimate of drug-likeness (QED) is 0.862. The standard InChI is InChI=1S/C12H16BrN5/c13-5-2-6-18(9-3-1-4-9)12-10-11(15-7-14-10)16-8-17-12/h7-9H,1-6H2,(H,14,15,16,17). The van der Waals surface area contributed by atoms with E-state index in [4.69, 9.17) is 0 Å². The summed E-state index contributed by atoms with van der Waals surface area (Å²) in [6.45, 7) is 1.03. The number of hydrogen-bond acceptors (Lipinski definition) is 4. The Kier molecular flexibility index (Phi) is 3.45. The van der Waals surface area contributed by atoms with Crippen molar-refractivity contribution >= 4 is 32.9 Å². The van der Waals surface area contributed by atoms with E-state index in [0.717, 1.165) is 35.3 Å². The van der Waals surface area contributed by atoms with Gasteiger partial charge in [0.05, 0.1) is 6.33 Å². The summed E-state index contributed by atoms with van der Waals surface area (Å²) in [6.07, 6.45) is 8.28. The number of hydrogen-bond donors (Lipinski definition) is 1. The SMILES string of the molecule is BrCCCN(c1ncnc2nc[nH]c12)C1CCC1. The molecule has 2 aromatic rings. The largest absolute Gasteiger partial charge is 0.352 e. The number of rotatable bonds is 5. The molecule has 0 saturated heterocycles. The van der Waals surface area contributed by atoms with E-state index in [0.29, 0.717) is 6.04 Å². The van der Waals surface area contributed by atoms with Crippen LogP contribution in [0.5, 0.6) is 0 Å². The van der Waals surface area contributed by atoms with Crippen molar-refractivity contribution in [3.05, 3.63) is 12.7 Å². The number of nitrogens with zero attached hydrogens (tertiary/aromatic N) is 4. The summed E-state index contributed by atoms with van der Waals surface area (Å²) in [7, 11) is 0. The monoisotopic (exact) mass is 309 g/mol. The normalized spacial score (nSPS) is 15.8. The molecular formula is C12H16BrN5. The van der Waals surface area contributed by atoms with Gasteiger partial charge in [0.2, 0.25) is 0 Å². The van der Waals surface area contributed by atoms with Crippen molar-refractivity contribution in [3.63, 3.8) is 0 Å². The lowest BCUT2D eigenvalue weighted by Crippen LogP contribution is -2.41. The minimum Gasteiger partial charge on any atom is -0.352 e. The topological polar surface area (TPSA) is 57.7 Å². The van der Waals surface area contributed by atoms with Crippen molar-refractivity contribution in [1.82, 2.24) is 19.9 Å². The maximum atomic E-state index is 4.46. The average molecular weight is 310 g/mol. The van der Waals surface area contributed by atoms with Crippen LogP contribution in [0, 0.1) is 0 Å². The molecule has 3 rings (SSSR count). The molecule has 18 heavy (non-hydrogen) atoms. The molecular weight excluding hydrogens is 294 g/mol. The minimum absolute atomic E-state index is 0.630. The van der Waals surface area contributed by atoms with Gasteiger partial charge in [0.15, 0.2) is 11.5 Å². The molecule has 96 valence electrons. The molecule has 0 spiro atoms. The molecule has 0 aromatic carbocycles. The van der Waals surface area contributed by atoms with Crippen LogP contribution in [0.3, 0.4) is 0 Å². The number of aromatic nitrogens is 4. The van der Waals surface area contributed by atoms with Crippen LogP contribution in [0.4, 0.5) is 5.82 Å². The Balaban J connectivity index is 1.94. The number of nitrogens with one attached hydrogen (secondary N) is 1. The highest BCUT2D eigenvalue weighted by molar-refractivity contribution is 9.09. The first-order valence-corrected chi connectivity index (χ1v) is 7.49. The van der Waals surface area contributed by atoms with Crippen LogP contribution < -0.4 is 4.90 Å². The summed E-state index contributed by atoms with van der Waals surface area (Å²) in [5.41, 5.74) is 1.71. The molecule has 6 heteroatoms. The van der Waals surface area contributed by atoms with Gasteiger partial charge < -0.3 is 9.88 Å². The number of anilines is 1. The van der Waals surface area contributed by atoms with Crippen molar-refractivity contribution in [2.45, 2.75) is 31.7 Å². The van der Waals surface area contributed by atoms with Crippen molar-refractivity contribution in [2.75, 3.05) is 16.8 Å². The maximum absolute atomic E-state index is 4.46. The van der Waals surface area contributed by atoms with E-state index in [-0.39, 0.29) is 0 Å². The number of halogens is 1. The molecule has 0 atom stereocenters. The predicted octanol–water partition coefficient (Wildman–Crippen LogP) is 2.50. The average Bonchev–Trinajstić information content (AvgIpc) is 2.80. The van der Waals surface area contributed by atoms with Crippen LogP contribution in [0.25, 0.3) is 11.2 Å². The Morgan fingerprint density at radius 2 is 2.22 bits per heavy atom. The van der Waals surface area contributed by atoms with Gasteiger partial charge in [0, 0.05) is 17.9 Å². The van der Waals surface area contributed by atoms with E-state index < -0.39 is 0 Å². The van der Waals surface area contributed by atoms with Gasteiger partial charge in [-0.25, -0.2) is 15.0 Å². The van der Waals surface area contributed by atoms with Crippen LogP contribution in [0.15, 0.2) is 12.7 Å². The number of H-pyrrole nitrogens is 1. The highest BCUT2D eigenvalue weighted by Crippen LogP contribution is 2.31. The second-order valence-corrected chi connectivity index (χ2v) is 5.41. The highest BCUT2D eigenvalue weighted by atomic mass is 79.9. The van der Waals surface area contributed by atoms with Gasteiger partial charge in [-0.2, -0.15) is 0 Å². The van der Waals surface area contributed by atoms with E-state index >= 15 is 0 Å². The second-order valence-electron chi connectivity index (χ2n) is 4.62. The van der Waals surface area contributed by atoms with Crippen molar-refractivity contribution in [3.8, 4) is 0 Å². The first-order valence-electron chi connectivity index (χ1n) is 6.37. The van der Waals surface area contributed by atoms with E-state index in [1.807, 2.05) is 0 Å². The molecule has 0 bridgehead atoms. The van der Waals surface area contributed by atoms with Crippen molar-refractivity contribution in [1.29, 1.82) is 0 Å². The smallest absolute Gasteiger partial charge is 0.182 e. The lowest BCUT2D eigenvalue weighted by Gasteiger charge is -2.38. The van der Waals surface area contributed by atoms with Crippen LogP contribution in [0.1, 0.15) is 25.7 Å². The fourth-order valence-corrected chi connectivity index (χ4v) is 2.61. The number of aromatic amines is 1. The summed E-state index contributed by atoms with van der Waals surface area (Å²) in [6, 6.07) is 0.630. The zero-order valence-corrected chi connectivity index (χ0v) is 11.7. The van der Waals surface area contributed by atoms with Gasteiger partial charge >= 0.3 is 0 Å². The maximum Gasteiger partial charge on any atom is 0.182 e. The predicted molar refractivity (Wildman–Crippen MR) is 75.1 cm³/mol. The van der Waals surface area contributed by atoms with Gasteiger partial charge in [-0.1, -0.05) is 15.9 Å². The Hall–Kier alpha value is -1.17. The fraction of sp³-hybridized carbons (Fsp3) is 0.583. The molecule has 0 radical (unpaired) electrons. The molecule has 0 unspecified atom stereocenters. The first-order chi connectivity index (χ1) is 8.90. The van der Waals surface area contributed by atoms with Gasteiger partial charge in [-0.3, -0.25) is 0 Å². The minimum atomic E-state index is 0.630. The van der Waals surface area contributed by atoms with Crippen molar-refractivity contribution < 1.29 is 0 Å². The molecule has 2 aromatic heterocycles. The van der Waals surface area contributed by atoms with Gasteiger partial charge in [0.1, 0.15) is 11.8 Å². The summed E-state index contributed by atoms with van der Waals surface area (Å²) in [4.78, 5) is 18.4. The molecule has 2 heterocycles. The molecule has 1 saturated carbocycles. The Morgan fingerprint density at radius 1 is 1.33 bits per heavy atom. The van der Waals surface area contributed by atoms with E-state index in [1.54, 1.807) is 12.7 Å². The number of fused-ring (bicyclic) bond motifs is 1. The third-order valence-corrected chi connectivity index (χ3v) is 4.08. The van der Waals surface area contributed by atoms with E-state index in [2.05, 4.69) is 40.8 Å². The van der Waals surface area contributed by atoms with Crippen LogP contribution in [-0.2, 0) is 0 Å². The summed E-state index contributed by atoms with van der Waals surface area (Å²) in [5.74, 6) is 1.00. The second kappa shape index (κ2) is 5.22. The Labute approximate surface area is 114 Å². The van der Waals surface area contributed by atoms with Crippen LogP contribution in [-0.4, -0.2) is 37.9 Å². The van der Waals surface area contributed by atoms with Crippen LogP contribution >= 0.6 is 15.9 Å². The summed E-state index contributed by atoms with van der Waals surface area (Å²) >= 11 is 3.50. The zero-order chi connectivity index (χ0) is 12.4. The molecule has 1 N–H and O–H groups in total. The fourth-order valence-electron chi connectivity index (χ4n) is 2.36. The molecule has 0 aliphatic heterocycles.